The van der Waals surface area contributed by atoms with E-state index in [9.17, 15) is 8.42 Å². The minimum absolute atomic E-state index is 0.0488. The number of ether oxygens (including phenoxy) is 1. The molecular formula is C18H19NO5S. The molecule has 0 unspecified atom stereocenters. The van der Waals surface area contributed by atoms with Gasteiger partial charge in [-0.05, 0) is 61.4 Å². The summed E-state index contributed by atoms with van der Waals surface area (Å²) >= 11 is 0. The molecule has 3 aromatic rings. The van der Waals surface area contributed by atoms with Gasteiger partial charge in [0, 0.05) is 0 Å². The fourth-order valence-corrected chi connectivity index (χ4v) is 3.82. The van der Waals surface area contributed by atoms with Crippen molar-refractivity contribution in [3.8, 4) is 17.3 Å². The second-order valence-electron chi connectivity index (χ2n) is 5.66. The zero-order valence-corrected chi connectivity index (χ0v) is 15.0. The topological polar surface area (TPSA) is 81.7 Å². The summed E-state index contributed by atoms with van der Waals surface area (Å²) in [5, 5.41) is 0. The second kappa shape index (κ2) is 6.78. The number of nitrogens with one attached hydrogen (secondary N) is 1. The van der Waals surface area contributed by atoms with Crippen molar-refractivity contribution in [1.29, 1.82) is 0 Å². The summed E-state index contributed by atoms with van der Waals surface area (Å²) in [7, 11) is -2.10. The van der Waals surface area contributed by atoms with Crippen molar-refractivity contribution in [2.45, 2.75) is 25.3 Å². The lowest BCUT2D eigenvalue weighted by molar-refractivity contribution is 0.408. The molecular weight excluding hydrogens is 342 g/mol. The van der Waals surface area contributed by atoms with Gasteiger partial charge >= 0.3 is 0 Å². The molecule has 25 heavy (non-hydrogen) atoms. The van der Waals surface area contributed by atoms with E-state index in [1.54, 1.807) is 49.8 Å². The first-order valence-electron chi connectivity index (χ1n) is 7.68. The van der Waals surface area contributed by atoms with Gasteiger partial charge in [-0.2, -0.15) is 0 Å². The van der Waals surface area contributed by atoms with E-state index in [-0.39, 0.29) is 11.4 Å². The highest BCUT2D eigenvalue weighted by Gasteiger charge is 2.18. The monoisotopic (exact) mass is 361 g/mol. The quantitative estimate of drug-likeness (QED) is 0.725. The van der Waals surface area contributed by atoms with E-state index in [2.05, 4.69) is 4.72 Å². The van der Waals surface area contributed by atoms with Crippen LogP contribution in [0.5, 0.6) is 5.75 Å². The normalized spacial score (nSPS) is 11.6. The highest BCUT2D eigenvalue weighted by Crippen LogP contribution is 2.27. The maximum absolute atomic E-state index is 12.5. The molecule has 0 atom stereocenters. The smallest absolute Gasteiger partial charge is 0.240 e. The lowest BCUT2D eigenvalue weighted by Crippen LogP contribution is -2.23. The van der Waals surface area contributed by atoms with Gasteiger partial charge in [0.05, 0.1) is 24.8 Å². The van der Waals surface area contributed by atoms with Crippen LogP contribution in [0.4, 0.5) is 0 Å². The average molecular weight is 361 g/mol. The minimum atomic E-state index is -3.66. The maximum atomic E-state index is 12.5. The van der Waals surface area contributed by atoms with Crippen LogP contribution in [0, 0.1) is 13.8 Å². The molecule has 0 radical (unpaired) electrons. The summed E-state index contributed by atoms with van der Waals surface area (Å²) in [5.74, 6) is 2.33. The van der Waals surface area contributed by atoms with Crippen molar-refractivity contribution in [3.63, 3.8) is 0 Å². The van der Waals surface area contributed by atoms with Crippen LogP contribution in [0.2, 0.25) is 0 Å². The number of aryl methyl sites for hydroxylation is 2. The number of benzene rings is 1. The Morgan fingerprint density at radius 2 is 1.80 bits per heavy atom. The molecule has 1 N–H and O–H groups in total. The van der Waals surface area contributed by atoms with Gasteiger partial charge in [-0.15, -0.1) is 0 Å². The SMILES string of the molecule is COc1c(C)cc(S(=O)(=O)NCc2ccc(-c3ccco3)o2)cc1C. The molecule has 6 nitrogen and oxygen atoms in total. The Bertz CT molecular complexity index is 948. The molecule has 2 aromatic heterocycles. The van der Waals surface area contributed by atoms with Crippen LogP contribution in [0.3, 0.4) is 0 Å². The maximum Gasteiger partial charge on any atom is 0.240 e. The van der Waals surface area contributed by atoms with Crippen LogP contribution in [-0.4, -0.2) is 15.5 Å². The molecule has 0 amide bonds. The second-order valence-corrected chi connectivity index (χ2v) is 7.43. The summed E-state index contributed by atoms with van der Waals surface area (Å²) in [6, 6.07) is 10.2. The van der Waals surface area contributed by atoms with E-state index in [0.717, 1.165) is 11.1 Å². The Kier molecular flexibility index (Phi) is 4.69. The van der Waals surface area contributed by atoms with Crippen LogP contribution in [0.15, 0.2) is 56.4 Å². The number of furan rings is 2. The van der Waals surface area contributed by atoms with E-state index in [0.29, 0.717) is 23.0 Å². The van der Waals surface area contributed by atoms with Crippen molar-refractivity contribution in [1.82, 2.24) is 4.72 Å². The Morgan fingerprint density at radius 3 is 2.40 bits per heavy atom. The van der Waals surface area contributed by atoms with Crippen molar-refractivity contribution in [3.05, 3.63) is 59.5 Å². The van der Waals surface area contributed by atoms with Crippen LogP contribution in [-0.2, 0) is 16.6 Å². The lowest BCUT2D eigenvalue weighted by atomic mass is 10.1. The van der Waals surface area contributed by atoms with Crippen molar-refractivity contribution in [2.75, 3.05) is 7.11 Å². The molecule has 3 rings (SSSR count). The molecule has 0 spiro atoms. The van der Waals surface area contributed by atoms with Crippen LogP contribution in [0.25, 0.3) is 11.5 Å². The summed E-state index contributed by atoms with van der Waals surface area (Å²) in [6.07, 6.45) is 1.55. The Hall–Kier alpha value is -2.51. The van der Waals surface area contributed by atoms with Crippen molar-refractivity contribution >= 4 is 10.0 Å². The Morgan fingerprint density at radius 1 is 1.08 bits per heavy atom. The van der Waals surface area contributed by atoms with Gasteiger partial charge in [0.1, 0.15) is 11.5 Å². The molecule has 7 heteroatoms. The highest BCUT2D eigenvalue weighted by atomic mass is 32.2. The Balaban J connectivity index is 1.76. The number of hydrogen-bond acceptors (Lipinski definition) is 5. The zero-order chi connectivity index (χ0) is 18.0. The summed E-state index contributed by atoms with van der Waals surface area (Å²) in [6.45, 7) is 3.67. The van der Waals surface area contributed by atoms with Gasteiger partial charge in [0.25, 0.3) is 0 Å². The molecule has 0 fully saturated rings. The third-order valence-electron chi connectivity index (χ3n) is 3.81. The molecule has 0 saturated carbocycles. The fourth-order valence-electron chi connectivity index (χ4n) is 2.66. The molecule has 0 bridgehead atoms. The number of hydrogen-bond donors (Lipinski definition) is 1. The van der Waals surface area contributed by atoms with Crippen molar-refractivity contribution in [2.24, 2.45) is 0 Å². The molecule has 0 aliphatic carbocycles. The average Bonchev–Trinajstić information content (AvgIpc) is 3.24. The summed E-state index contributed by atoms with van der Waals surface area (Å²) < 4.78 is 43.7. The first-order valence-corrected chi connectivity index (χ1v) is 9.16. The largest absolute Gasteiger partial charge is 0.496 e. The third-order valence-corrected chi connectivity index (χ3v) is 5.19. The first-order chi connectivity index (χ1) is 11.9. The van der Waals surface area contributed by atoms with E-state index >= 15 is 0 Å². The number of sulfonamides is 1. The van der Waals surface area contributed by atoms with Gasteiger partial charge in [-0.1, -0.05) is 0 Å². The van der Waals surface area contributed by atoms with Gasteiger partial charge in [0.15, 0.2) is 11.5 Å². The molecule has 132 valence electrons. The van der Waals surface area contributed by atoms with Crippen LogP contribution >= 0.6 is 0 Å². The van der Waals surface area contributed by atoms with Gasteiger partial charge in [-0.3, -0.25) is 0 Å². The molecule has 0 aliphatic rings. The molecule has 0 saturated heterocycles. The van der Waals surface area contributed by atoms with E-state index < -0.39 is 10.0 Å². The van der Waals surface area contributed by atoms with Crippen LogP contribution < -0.4 is 9.46 Å². The van der Waals surface area contributed by atoms with Crippen LogP contribution in [0.1, 0.15) is 16.9 Å². The number of methoxy groups -OCH3 is 1. The third kappa shape index (κ3) is 3.62. The fraction of sp³-hybridized carbons (Fsp3) is 0.222. The predicted octanol–water partition coefficient (Wildman–Crippen LogP) is 3.64. The van der Waals surface area contributed by atoms with E-state index in [4.69, 9.17) is 13.6 Å². The molecule has 1 aromatic carbocycles. The lowest BCUT2D eigenvalue weighted by Gasteiger charge is -2.12. The first kappa shape index (κ1) is 17.3. The standard InChI is InChI=1S/C18H19NO5S/c1-12-9-15(10-13(2)18(12)22-3)25(20,21)19-11-14-6-7-17(24-14)16-5-4-8-23-16/h4-10,19H,11H2,1-3H3. The number of rotatable bonds is 6. The van der Waals surface area contributed by atoms with Gasteiger partial charge in [-0.25, -0.2) is 13.1 Å². The summed E-state index contributed by atoms with van der Waals surface area (Å²) in [5.41, 5.74) is 1.53. The zero-order valence-electron chi connectivity index (χ0n) is 14.2. The molecule has 2 heterocycles. The summed E-state index contributed by atoms with van der Waals surface area (Å²) in [4.78, 5) is 0.195. The predicted molar refractivity (Wildman–Crippen MR) is 92.9 cm³/mol. The molecule has 0 aliphatic heterocycles. The highest BCUT2D eigenvalue weighted by molar-refractivity contribution is 7.89. The Labute approximate surface area is 146 Å². The van der Waals surface area contributed by atoms with Gasteiger partial charge in [0.2, 0.25) is 10.0 Å². The van der Waals surface area contributed by atoms with Gasteiger partial charge < -0.3 is 13.6 Å². The van der Waals surface area contributed by atoms with E-state index in [1.807, 2.05) is 13.8 Å². The van der Waals surface area contributed by atoms with Crippen molar-refractivity contribution < 1.29 is 22.0 Å². The van der Waals surface area contributed by atoms with E-state index in [1.165, 1.54) is 0 Å². The minimum Gasteiger partial charge on any atom is -0.496 e.